The number of ether oxygens (including phenoxy) is 3. The SMILES string of the molecule is COc1ccc(/C=C/C(C)OC(C)(CBr)OC)cc1. The van der Waals surface area contributed by atoms with E-state index in [1.165, 1.54) is 0 Å². The molecule has 106 valence electrons. The zero-order valence-corrected chi connectivity index (χ0v) is 13.4. The molecule has 1 aromatic carbocycles. The van der Waals surface area contributed by atoms with Gasteiger partial charge < -0.3 is 14.2 Å². The van der Waals surface area contributed by atoms with Crippen molar-refractivity contribution in [1.29, 1.82) is 0 Å². The van der Waals surface area contributed by atoms with Crippen LogP contribution in [0, 0.1) is 0 Å². The Balaban J connectivity index is 2.59. The summed E-state index contributed by atoms with van der Waals surface area (Å²) in [6.07, 6.45) is 3.99. The van der Waals surface area contributed by atoms with Crippen molar-refractivity contribution < 1.29 is 14.2 Å². The summed E-state index contributed by atoms with van der Waals surface area (Å²) in [4.78, 5) is 0. The Morgan fingerprint density at radius 2 is 1.89 bits per heavy atom. The Bertz CT molecular complexity index is 396. The van der Waals surface area contributed by atoms with Crippen LogP contribution < -0.4 is 4.74 Å². The van der Waals surface area contributed by atoms with Crippen molar-refractivity contribution in [2.75, 3.05) is 19.5 Å². The van der Waals surface area contributed by atoms with Gasteiger partial charge >= 0.3 is 0 Å². The molecular weight excluding hydrogens is 308 g/mol. The maximum Gasteiger partial charge on any atom is 0.175 e. The van der Waals surface area contributed by atoms with E-state index in [0.29, 0.717) is 5.33 Å². The van der Waals surface area contributed by atoms with E-state index in [9.17, 15) is 0 Å². The molecule has 0 fully saturated rings. The largest absolute Gasteiger partial charge is 0.497 e. The van der Waals surface area contributed by atoms with Crippen molar-refractivity contribution >= 4 is 22.0 Å². The minimum absolute atomic E-state index is 0.0374. The predicted octanol–water partition coefficient (Wildman–Crippen LogP) is 3.87. The molecule has 1 rings (SSSR count). The van der Waals surface area contributed by atoms with E-state index < -0.39 is 5.79 Å². The zero-order valence-electron chi connectivity index (χ0n) is 11.9. The van der Waals surface area contributed by atoms with E-state index >= 15 is 0 Å². The fourth-order valence-corrected chi connectivity index (χ4v) is 1.89. The van der Waals surface area contributed by atoms with Gasteiger partial charge in [-0.2, -0.15) is 0 Å². The van der Waals surface area contributed by atoms with Gasteiger partial charge in [-0.25, -0.2) is 0 Å². The fraction of sp³-hybridized carbons (Fsp3) is 0.467. The second-order valence-electron chi connectivity index (χ2n) is 4.43. The van der Waals surface area contributed by atoms with E-state index in [1.54, 1.807) is 14.2 Å². The van der Waals surface area contributed by atoms with Crippen molar-refractivity contribution in [2.45, 2.75) is 25.7 Å². The molecule has 0 aromatic heterocycles. The summed E-state index contributed by atoms with van der Waals surface area (Å²) in [6.45, 7) is 3.89. The minimum Gasteiger partial charge on any atom is -0.497 e. The quantitative estimate of drug-likeness (QED) is 0.561. The Kier molecular flexibility index (Phi) is 6.55. The summed E-state index contributed by atoms with van der Waals surface area (Å²) >= 11 is 3.38. The van der Waals surface area contributed by atoms with Crippen LogP contribution >= 0.6 is 15.9 Å². The van der Waals surface area contributed by atoms with Gasteiger partial charge in [0, 0.05) is 7.11 Å². The maximum absolute atomic E-state index is 5.82. The van der Waals surface area contributed by atoms with Gasteiger partial charge in [-0.3, -0.25) is 0 Å². The molecule has 3 nitrogen and oxygen atoms in total. The molecule has 19 heavy (non-hydrogen) atoms. The van der Waals surface area contributed by atoms with Crippen LogP contribution in [0.15, 0.2) is 30.3 Å². The number of hydrogen-bond donors (Lipinski definition) is 0. The molecule has 4 heteroatoms. The molecule has 0 saturated carbocycles. The molecule has 0 aliphatic rings. The van der Waals surface area contributed by atoms with Crippen molar-refractivity contribution in [3.05, 3.63) is 35.9 Å². The Labute approximate surface area is 123 Å². The van der Waals surface area contributed by atoms with Crippen molar-refractivity contribution in [3.8, 4) is 5.75 Å². The predicted molar refractivity (Wildman–Crippen MR) is 81.8 cm³/mol. The molecule has 0 aliphatic heterocycles. The van der Waals surface area contributed by atoms with Crippen LogP contribution in [0.5, 0.6) is 5.75 Å². The summed E-state index contributed by atoms with van der Waals surface area (Å²) in [5.74, 6) is 0.247. The number of halogens is 1. The fourth-order valence-electron chi connectivity index (χ4n) is 1.53. The normalized spacial score (nSPS) is 16.3. The Hall–Kier alpha value is -0.840. The second-order valence-corrected chi connectivity index (χ2v) is 4.99. The summed E-state index contributed by atoms with van der Waals surface area (Å²) < 4.78 is 16.3. The number of alkyl halides is 1. The van der Waals surface area contributed by atoms with E-state index in [-0.39, 0.29) is 6.10 Å². The molecule has 0 saturated heterocycles. The molecule has 0 bridgehead atoms. The van der Waals surface area contributed by atoms with Gasteiger partial charge in [-0.05, 0) is 31.5 Å². The third kappa shape index (κ3) is 5.35. The van der Waals surface area contributed by atoms with Gasteiger partial charge in [-0.15, -0.1) is 0 Å². The first-order chi connectivity index (χ1) is 9.03. The molecule has 2 unspecified atom stereocenters. The maximum atomic E-state index is 5.82. The van der Waals surface area contributed by atoms with Crippen LogP contribution in [0.1, 0.15) is 19.4 Å². The van der Waals surface area contributed by atoms with E-state index in [1.807, 2.05) is 50.3 Å². The first-order valence-electron chi connectivity index (χ1n) is 6.14. The van der Waals surface area contributed by atoms with Gasteiger partial charge in [0.15, 0.2) is 5.79 Å². The number of rotatable bonds is 7. The van der Waals surface area contributed by atoms with Crippen LogP contribution in [0.2, 0.25) is 0 Å². The average Bonchev–Trinajstić information content (AvgIpc) is 2.45. The van der Waals surface area contributed by atoms with E-state index in [2.05, 4.69) is 15.9 Å². The Morgan fingerprint density at radius 3 is 2.37 bits per heavy atom. The van der Waals surface area contributed by atoms with Crippen LogP contribution in [-0.4, -0.2) is 31.4 Å². The minimum atomic E-state index is -0.607. The molecular formula is C15H21BrO3. The lowest BCUT2D eigenvalue weighted by molar-refractivity contribution is -0.205. The van der Waals surface area contributed by atoms with E-state index in [0.717, 1.165) is 11.3 Å². The Morgan fingerprint density at radius 1 is 1.26 bits per heavy atom. The summed E-state index contributed by atoms with van der Waals surface area (Å²) in [7, 11) is 3.30. The molecule has 1 aromatic rings. The average molecular weight is 329 g/mol. The highest BCUT2D eigenvalue weighted by atomic mass is 79.9. The van der Waals surface area contributed by atoms with Crippen LogP contribution in [0.25, 0.3) is 6.08 Å². The van der Waals surface area contributed by atoms with Gasteiger partial charge in [0.2, 0.25) is 0 Å². The molecule has 0 amide bonds. The first kappa shape index (κ1) is 16.2. The first-order valence-corrected chi connectivity index (χ1v) is 7.26. The van der Waals surface area contributed by atoms with Gasteiger partial charge in [0.25, 0.3) is 0 Å². The second kappa shape index (κ2) is 7.68. The van der Waals surface area contributed by atoms with Crippen LogP contribution in [-0.2, 0) is 9.47 Å². The highest BCUT2D eigenvalue weighted by Gasteiger charge is 2.24. The molecule has 0 N–H and O–H groups in total. The highest BCUT2D eigenvalue weighted by molar-refractivity contribution is 9.09. The molecule has 0 radical (unpaired) electrons. The van der Waals surface area contributed by atoms with Crippen LogP contribution in [0.4, 0.5) is 0 Å². The summed E-state index contributed by atoms with van der Waals surface area (Å²) in [5, 5.41) is 0.622. The number of benzene rings is 1. The topological polar surface area (TPSA) is 27.7 Å². The number of hydrogen-bond acceptors (Lipinski definition) is 3. The lowest BCUT2D eigenvalue weighted by atomic mass is 10.2. The standard InChI is InChI=1S/C15H21BrO3/c1-12(19-15(2,11-16)18-4)5-6-13-7-9-14(17-3)10-8-13/h5-10,12H,11H2,1-4H3/b6-5+. The number of methoxy groups -OCH3 is 2. The molecule has 2 atom stereocenters. The van der Waals surface area contributed by atoms with Crippen molar-refractivity contribution in [3.63, 3.8) is 0 Å². The molecule has 0 heterocycles. The van der Waals surface area contributed by atoms with Gasteiger partial charge in [-0.1, -0.05) is 40.2 Å². The van der Waals surface area contributed by atoms with E-state index in [4.69, 9.17) is 14.2 Å². The smallest absolute Gasteiger partial charge is 0.175 e. The van der Waals surface area contributed by atoms with Crippen LogP contribution in [0.3, 0.4) is 0 Å². The summed E-state index contributed by atoms with van der Waals surface area (Å²) in [5.41, 5.74) is 1.11. The third-order valence-corrected chi connectivity index (χ3v) is 3.80. The molecule has 0 aliphatic carbocycles. The van der Waals surface area contributed by atoms with Gasteiger partial charge in [0.1, 0.15) is 5.75 Å². The summed E-state index contributed by atoms with van der Waals surface area (Å²) in [6, 6.07) is 7.87. The van der Waals surface area contributed by atoms with Crippen molar-refractivity contribution in [2.24, 2.45) is 0 Å². The molecule has 0 spiro atoms. The monoisotopic (exact) mass is 328 g/mol. The zero-order chi connectivity index (χ0) is 14.3. The lowest BCUT2D eigenvalue weighted by Crippen LogP contribution is -2.35. The highest BCUT2D eigenvalue weighted by Crippen LogP contribution is 2.18. The third-order valence-electron chi connectivity index (χ3n) is 2.79. The van der Waals surface area contributed by atoms with Crippen molar-refractivity contribution in [1.82, 2.24) is 0 Å². The lowest BCUT2D eigenvalue weighted by Gasteiger charge is -2.28. The van der Waals surface area contributed by atoms with Gasteiger partial charge in [0.05, 0.1) is 18.5 Å².